The van der Waals surface area contributed by atoms with Crippen LogP contribution in [0.1, 0.15) is 46.9 Å². The minimum Gasteiger partial charge on any atom is -0.497 e. The topological polar surface area (TPSA) is 102 Å². The Morgan fingerprint density at radius 1 is 1.07 bits per heavy atom. The third-order valence-electron chi connectivity index (χ3n) is 8.26. The summed E-state index contributed by atoms with van der Waals surface area (Å²) in [7, 11) is 3.53. The highest BCUT2D eigenvalue weighted by Gasteiger charge is 2.35. The lowest BCUT2D eigenvalue weighted by atomic mass is 9.82. The number of nitrogens with one attached hydrogen (secondary N) is 3. The van der Waals surface area contributed by atoms with E-state index in [9.17, 15) is 9.59 Å². The first-order chi connectivity index (χ1) is 20.0. The van der Waals surface area contributed by atoms with Crippen LogP contribution in [0.5, 0.6) is 5.75 Å². The Morgan fingerprint density at radius 2 is 1.90 bits per heavy atom. The monoisotopic (exact) mass is 548 g/mol. The maximum atomic E-state index is 13.3. The molecular formula is C32H32N6O3. The Morgan fingerprint density at radius 3 is 2.71 bits per heavy atom. The van der Waals surface area contributed by atoms with Gasteiger partial charge in [-0.15, -0.1) is 0 Å². The van der Waals surface area contributed by atoms with Crippen LogP contribution in [0.4, 0.5) is 16.2 Å². The van der Waals surface area contributed by atoms with Gasteiger partial charge < -0.3 is 25.3 Å². The van der Waals surface area contributed by atoms with Crippen molar-refractivity contribution in [2.75, 3.05) is 17.7 Å². The zero-order valence-corrected chi connectivity index (χ0v) is 23.4. The van der Waals surface area contributed by atoms with Crippen LogP contribution in [0, 0.1) is 0 Å². The molecule has 41 heavy (non-hydrogen) atoms. The van der Waals surface area contributed by atoms with Crippen LogP contribution < -0.4 is 20.7 Å². The van der Waals surface area contributed by atoms with Crippen molar-refractivity contribution in [1.29, 1.82) is 0 Å². The number of aromatic nitrogens is 3. The van der Waals surface area contributed by atoms with Gasteiger partial charge >= 0.3 is 6.03 Å². The molecule has 0 fully saturated rings. The Hall–Kier alpha value is -4.79. The molecule has 0 radical (unpaired) electrons. The average Bonchev–Trinajstić information content (AvgIpc) is 3.64. The van der Waals surface area contributed by atoms with Gasteiger partial charge in [0.25, 0.3) is 5.91 Å². The number of fused-ring (bicyclic) bond motifs is 10. The molecule has 2 aromatic heterocycles. The molecule has 3 aromatic carbocycles. The molecule has 0 atom stereocenters. The van der Waals surface area contributed by atoms with E-state index in [1.165, 1.54) is 11.1 Å². The Balaban J connectivity index is 1.39. The van der Waals surface area contributed by atoms with Gasteiger partial charge in [-0.05, 0) is 60.7 Å². The van der Waals surface area contributed by atoms with E-state index in [0.29, 0.717) is 23.7 Å². The third kappa shape index (κ3) is 4.03. The first kappa shape index (κ1) is 25.2. The fraction of sp³-hybridized carbons (Fsp3) is 0.281. The number of aryl methyl sites for hydroxylation is 4. The number of anilines is 2. The lowest BCUT2D eigenvalue weighted by Crippen LogP contribution is -2.19. The van der Waals surface area contributed by atoms with Gasteiger partial charge in [-0.3, -0.25) is 9.48 Å². The standard InChI is InChI=1S/C32H32N6O3/c1-4-5-13-38-26-12-9-19(35-32(40)34-18-7-6-8-20(14-18)41-3)15-22(26)28-23-16-33-31(39)29(23)27-21(30(28)38)10-11-25-24(27)17-37(2)36-25/h6-9,12,14-15,17H,4-5,10-11,13,16H2,1-3H3,(H,33,39)(H2,34,35,40). The summed E-state index contributed by atoms with van der Waals surface area (Å²) in [6, 6.07) is 13.0. The van der Waals surface area contributed by atoms with Crippen molar-refractivity contribution in [3.63, 3.8) is 0 Å². The number of hydrogen-bond acceptors (Lipinski definition) is 4. The highest BCUT2D eigenvalue weighted by atomic mass is 16.5. The van der Waals surface area contributed by atoms with Gasteiger partial charge in [-0.25, -0.2) is 4.79 Å². The molecule has 3 N–H and O–H groups in total. The van der Waals surface area contributed by atoms with E-state index in [0.717, 1.165) is 76.5 Å². The van der Waals surface area contributed by atoms with Crippen LogP contribution in [0.15, 0.2) is 48.7 Å². The zero-order chi connectivity index (χ0) is 28.2. The first-order valence-corrected chi connectivity index (χ1v) is 14.1. The smallest absolute Gasteiger partial charge is 0.323 e. The second-order valence-electron chi connectivity index (χ2n) is 10.8. The predicted octanol–water partition coefficient (Wildman–Crippen LogP) is 5.99. The molecule has 5 aromatic rings. The van der Waals surface area contributed by atoms with Crippen molar-refractivity contribution < 1.29 is 14.3 Å². The average molecular weight is 549 g/mol. The minimum atomic E-state index is -0.337. The second kappa shape index (κ2) is 9.69. The lowest BCUT2D eigenvalue weighted by Gasteiger charge is -2.21. The fourth-order valence-corrected chi connectivity index (χ4v) is 6.54. The van der Waals surface area contributed by atoms with Crippen LogP contribution >= 0.6 is 0 Å². The van der Waals surface area contributed by atoms with Gasteiger partial charge in [0.1, 0.15) is 5.75 Å². The van der Waals surface area contributed by atoms with E-state index < -0.39 is 0 Å². The molecule has 7 rings (SSSR count). The fourth-order valence-electron chi connectivity index (χ4n) is 6.54. The van der Waals surface area contributed by atoms with Gasteiger partial charge in [0.2, 0.25) is 0 Å². The SMILES string of the molecule is CCCCn1c2ccc(NC(=O)Nc3cccc(OC)c3)cc2c2c3c(c4c(c21)CCc1nn(C)cc1-4)C(=O)NC3. The summed E-state index contributed by atoms with van der Waals surface area (Å²) in [6.07, 6.45) is 5.83. The van der Waals surface area contributed by atoms with Gasteiger partial charge in [0.05, 0.1) is 23.9 Å². The quantitative estimate of drug-likeness (QED) is 0.243. The van der Waals surface area contributed by atoms with Crippen LogP contribution in [0.2, 0.25) is 0 Å². The molecule has 0 spiro atoms. The van der Waals surface area contributed by atoms with Crippen molar-refractivity contribution in [1.82, 2.24) is 19.7 Å². The molecule has 0 unspecified atom stereocenters. The van der Waals surface area contributed by atoms with Crippen molar-refractivity contribution in [3.05, 3.63) is 71.0 Å². The first-order valence-electron chi connectivity index (χ1n) is 14.1. The van der Waals surface area contributed by atoms with Crippen LogP contribution in [0.3, 0.4) is 0 Å². The van der Waals surface area contributed by atoms with Crippen molar-refractivity contribution in [3.8, 4) is 16.9 Å². The van der Waals surface area contributed by atoms with E-state index in [2.05, 4.69) is 33.5 Å². The maximum Gasteiger partial charge on any atom is 0.323 e. The van der Waals surface area contributed by atoms with E-state index in [4.69, 9.17) is 9.84 Å². The number of unbranched alkanes of at least 4 members (excludes halogenated alkanes) is 1. The normalized spacial score (nSPS) is 13.6. The highest BCUT2D eigenvalue weighted by Crippen LogP contribution is 2.47. The summed E-state index contributed by atoms with van der Waals surface area (Å²) >= 11 is 0. The van der Waals surface area contributed by atoms with Crippen LogP contribution in [0.25, 0.3) is 32.9 Å². The number of nitrogens with zero attached hydrogens (tertiary/aromatic N) is 3. The number of ether oxygens (including phenoxy) is 1. The molecule has 9 heteroatoms. The molecule has 2 aliphatic rings. The number of urea groups is 1. The molecule has 208 valence electrons. The molecule has 3 amide bonds. The van der Waals surface area contributed by atoms with Crippen LogP contribution in [-0.2, 0) is 33.0 Å². The summed E-state index contributed by atoms with van der Waals surface area (Å²) in [6.45, 7) is 3.56. The van der Waals surface area contributed by atoms with E-state index in [-0.39, 0.29) is 11.9 Å². The molecule has 0 saturated heterocycles. The summed E-state index contributed by atoms with van der Waals surface area (Å²) in [5.41, 5.74) is 9.80. The number of carbonyl (C=O) groups is 2. The predicted molar refractivity (Wildman–Crippen MR) is 161 cm³/mol. The zero-order valence-electron chi connectivity index (χ0n) is 23.4. The molecule has 0 bridgehead atoms. The molecule has 3 heterocycles. The van der Waals surface area contributed by atoms with E-state index >= 15 is 0 Å². The Kier molecular flexibility index (Phi) is 5.96. The van der Waals surface area contributed by atoms with Gasteiger partial charge in [0, 0.05) is 71.2 Å². The molecular weight excluding hydrogens is 516 g/mol. The third-order valence-corrected chi connectivity index (χ3v) is 8.26. The number of hydrogen-bond donors (Lipinski definition) is 3. The van der Waals surface area contributed by atoms with Crippen LogP contribution in [-0.4, -0.2) is 33.4 Å². The summed E-state index contributed by atoms with van der Waals surface area (Å²) < 4.78 is 9.55. The summed E-state index contributed by atoms with van der Waals surface area (Å²) in [4.78, 5) is 26.3. The molecule has 0 saturated carbocycles. The minimum absolute atomic E-state index is 0.0312. The van der Waals surface area contributed by atoms with Crippen molar-refractivity contribution in [2.24, 2.45) is 7.05 Å². The summed E-state index contributed by atoms with van der Waals surface area (Å²) in [5.74, 6) is 0.638. The Labute approximate surface area is 237 Å². The number of rotatable bonds is 6. The van der Waals surface area contributed by atoms with E-state index in [1.54, 1.807) is 13.2 Å². The van der Waals surface area contributed by atoms with Crippen molar-refractivity contribution >= 4 is 45.1 Å². The molecule has 1 aliphatic carbocycles. The van der Waals surface area contributed by atoms with Gasteiger partial charge in [-0.1, -0.05) is 19.4 Å². The maximum absolute atomic E-state index is 13.3. The summed E-state index contributed by atoms with van der Waals surface area (Å²) in [5, 5.41) is 15.8. The number of amides is 3. The molecule has 1 aliphatic heterocycles. The highest BCUT2D eigenvalue weighted by molar-refractivity contribution is 6.20. The molecule has 9 nitrogen and oxygen atoms in total. The van der Waals surface area contributed by atoms with Gasteiger partial charge in [0.15, 0.2) is 0 Å². The van der Waals surface area contributed by atoms with E-state index in [1.807, 2.05) is 48.3 Å². The number of methoxy groups -OCH3 is 1. The Bertz CT molecular complexity index is 1880. The van der Waals surface area contributed by atoms with Crippen molar-refractivity contribution in [2.45, 2.75) is 45.7 Å². The van der Waals surface area contributed by atoms with Gasteiger partial charge in [-0.2, -0.15) is 5.10 Å². The number of carbonyl (C=O) groups excluding carboxylic acids is 2. The second-order valence-corrected chi connectivity index (χ2v) is 10.8. The lowest BCUT2D eigenvalue weighted by molar-refractivity contribution is 0.0966. The largest absolute Gasteiger partial charge is 0.497 e. The number of benzene rings is 3.